The Morgan fingerprint density at radius 3 is 2.35 bits per heavy atom. The normalized spacial score (nSPS) is 17.7. The molecule has 7 heteroatoms. The van der Waals surface area contributed by atoms with E-state index in [0.717, 1.165) is 29.3 Å². The summed E-state index contributed by atoms with van der Waals surface area (Å²) in [5, 5.41) is 8.09. The number of hydrogen-bond acceptors (Lipinski definition) is 5. The summed E-state index contributed by atoms with van der Waals surface area (Å²) in [6.07, 6.45) is 3.70. The van der Waals surface area contributed by atoms with Crippen molar-refractivity contribution in [3.63, 3.8) is 0 Å². The summed E-state index contributed by atoms with van der Waals surface area (Å²) < 4.78 is 16.5. The number of nitrogens with one attached hydrogen (secondary N) is 2. The number of methoxy groups -OCH3 is 2. The molecule has 0 bridgehead atoms. The van der Waals surface area contributed by atoms with Crippen LogP contribution in [0.2, 0.25) is 0 Å². The minimum absolute atomic E-state index is 0.0459. The summed E-state index contributed by atoms with van der Waals surface area (Å²) in [4.78, 5) is 2.14. The molecule has 0 aliphatic carbocycles. The molecule has 3 rings (SSSR count). The van der Waals surface area contributed by atoms with E-state index in [9.17, 15) is 0 Å². The van der Waals surface area contributed by atoms with Crippen LogP contribution in [-0.4, -0.2) is 41.4 Å². The van der Waals surface area contributed by atoms with E-state index in [-0.39, 0.29) is 11.1 Å². The fourth-order valence-electron chi connectivity index (χ4n) is 4.68. The smallest absolute Gasteiger partial charge is 0.169 e. The second-order valence-corrected chi connectivity index (χ2v) is 9.96. The van der Waals surface area contributed by atoms with Crippen molar-refractivity contribution in [2.24, 2.45) is 0 Å². The zero-order valence-electron chi connectivity index (χ0n) is 19.5. The molecule has 170 valence electrons. The second-order valence-electron chi connectivity index (χ2n) is 9.57. The van der Waals surface area contributed by atoms with Gasteiger partial charge in [-0.05, 0) is 82.6 Å². The summed E-state index contributed by atoms with van der Waals surface area (Å²) in [5.74, 6) is 2.29. The largest absolute Gasteiger partial charge is 0.493 e. The van der Waals surface area contributed by atoms with Gasteiger partial charge in [0.25, 0.3) is 0 Å². The highest BCUT2D eigenvalue weighted by Crippen LogP contribution is 2.30. The van der Waals surface area contributed by atoms with Crippen LogP contribution in [0.4, 0.5) is 0 Å². The van der Waals surface area contributed by atoms with Crippen LogP contribution >= 0.6 is 12.2 Å². The minimum Gasteiger partial charge on any atom is -0.493 e. The van der Waals surface area contributed by atoms with Crippen LogP contribution in [0.15, 0.2) is 41.0 Å². The minimum atomic E-state index is 0.0459. The molecule has 31 heavy (non-hydrogen) atoms. The molecule has 1 saturated heterocycles. The maximum atomic E-state index is 5.89. The van der Waals surface area contributed by atoms with Crippen molar-refractivity contribution >= 4 is 17.3 Å². The molecule has 0 amide bonds. The molecule has 1 aliphatic heterocycles. The summed E-state index contributed by atoms with van der Waals surface area (Å²) >= 11 is 5.89. The van der Waals surface area contributed by atoms with Crippen molar-refractivity contribution in [1.82, 2.24) is 15.5 Å². The van der Waals surface area contributed by atoms with Crippen LogP contribution in [-0.2, 0) is 13.1 Å². The van der Waals surface area contributed by atoms with E-state index in [2.05, 4.69) is 43.2 Å². The van der Waals surface area contributed by atoms with Crippen LogP contribution < -0.4 is 20.1 Å². The van der Waals surface area contributed by atoms with Gasteiger partial charge in [0.1, 0.15) is 5.76 Å². The first-order valence-corrected chi connectivity index (χ1v) is 11.1. The van der Waals surface area contributed by atoms with Crippen LogP contribution in [0.3, 0.4) is 0 Å². The number of furan rings is 1. The Morgan fingerprint density at radius 2 is 1.77 bits per heavy atom. The first-order valence-electron chi connectivity index (χ1n) is 10.7. The van der Waals surface area contributed by atoms with Gasteiger partial charge in [-0.25, -0.2) is 0 Å². The zero-order chi connectivity index (χ0) is 22.6. The van der Waals surface area contributed by atoms with Gasteiger partial charge in [0.05, 0.1) is 27.0 Å². The molecule has 0 saturated carbocycles. The first kappa shape index (κ1) is 23.4. The lowest BCUT2D eigenvalue weighted by Crippen LogP contribution is -2.62. The first-order chi connectivity index (χ1) is 14.6. The molecule has 0 radical (unpaired) electrons. The molecule has 2 aromatic rings. The van der Waals surface area contributed by atoms with Crippen molar-refractivity contribution < 1.29 is 13.9 Å². The number of thiocarbonyl (C=S) groups is 1. The van der Waals surface area contributed by atoms with Crippen molar-refractivity contribution in [2.75, 3.05) is 14.2 Å². The van der Waals surface area contributed by atoms with Crippen molar-refractivity contribution in [3.05, 3.63) is 47.9 Å². The molecule has 1 fully saturated rings. The highest BCUT2D eigenvalue weighted by atomic mass is 32.1. The van der Waals surface area contributed by atoms with Gasteiger partial charge in [-0.15, -0.1) is 0 Å². The molecule has 0 unspecified atom stereocenters. The van der Waals surface area contributed by atoms with E-state index in [4.69, 9.17) is 26.1 Å². The van der Waals surface area contributed by atoms with Crippen LogP contribution in [0.5, 0.6) is 11.5 Å². The van der Waals surface area contributed by atoms with E-state index < -0.39 is 0 Å². The van der Waals surface area contributed by atoms with Crippen molar-refractivity contribution in [1.29, 1.82) is 0 Å². The van der Waals surface area contributed by atoms with Crippen LogP contribution in [0.1, 0.15) is 51.9 Å². The van der Waals surface area contributed by atoms with Gasteiger partial charge in [0.2, 0.25) is 0 Å². The third-order valence-corrected chi connectivity index (χ3v) is 5.93. The monoisotopic (exact) mass is 445 g/mol. The molecule has 6 nitrogen and oxygen atoms in total. The predicted molar refractivity (Wildman–Crippen MR) is 128 cm³/mol. The van der Waals surface area contributed by atoms with Gasteiger partial charge < -0.3 is 29.4 Å². The standard InChI is InChI=1S/C24H35N3O3S/c1-23(2)13-18(14-24(3,4)26-23)25-22(31)27(16-19-8-7-11-30-19)15-17-9-10-20(28-5)21(12-17)29-6/h7-12,18,26H,13-16H2,1-6H3,(H,25,31). The molecular formula is C24H35N3O3S. The lowest BCUT2D eigenvalue weighted by Gasteiger charge is -2.47. The number of piperidine rings is 1. The third-order valence-electron chi connectivity index (χ3n) is 5.55. The third kappa shape index (κ3) is 6.37. The Kier molecular flexibility index (Phi) is 7.17. The maximum Gasteiger partial charge on any atom is 0.169 e. The molecule has 2 heterocycles. The fraction of sp³-hybridized carbons (Fsp3) is 0.542. The lowest BCUT2D eigenvalue weighted by molar-refractivity contribution is 0.153. The predicted octanol–water partition coefficient (Wildman–Crippen LogP) is 4.48. The topological polar surface area (TPSA) is 58.9 Å². The molecule has 1 aromatic carbocycles. The van der Waals surface area contributed by atoms with Crippen LogP contribution in [0.25, 0.3) is 0 Å². The van der Waals surface area contributed by atoms with Gasteiger partial charge in [-0.3, -0.25) is 0 Å². The average Bonchev–Trinajstić information content (AvgIpc) is 3.18. The number of ether oxygens (including phenoxy) is 2. The summed E-state index contributed by atoms with van der Waals surface area (Å²) in [7, 11) is 3.29. The fourth-order valence-corrected chi connectivity index (χ4v) is 4.98. The van der Waals surface area contributed by atoms with E-state index in [1.54, 1.807) is 20.5 Å². The Bertz CT molecular complexity index is 864. The number of hydrogen-bond donors (Lipinski definition) is 2. The van der Waals surface area contributed by atoms with Gasteiger partial charge in [-0.2, -0.15) is 0 Å². The number of benzene rings is 1. The van der Waals surface area contributed by atoms with E-state index in [0.29, 0.717) is 30.6 Å². The molecule has 0 spiro atoms. The summed E-state index contributed by atoms with van der Waals surface area (Å²) in [6.45, 7) is 10.2. The SMILES string of the molecule is COc1ccc(CN(Cc2ccco2)C(=S)NC2CC(C)(C)NC(C)(C)C2)cc1OC. The molecule has 2 N–H and O–H groups in total. The Hall–Kier alpha value is -2.25. The number of nitrogens with zero attached hydrogens (tertiary/aromatic N) is 1. The Morgan fingerprint density at radius 1 is 1.10 bits per heavy atom. The van der Waals surface area contributed by atoms with Gasteiger partial charge in [0, 0.05) is 23.7 Å². The quantitative estimate of drug-likeness (QED) is 0.609. The Balaban J connectivity index is 1.78. The van der Waals surface area contributed by atoms with Crippen LogP contribution in [0, 0.1) is 0 Å². The average molecular weight is 446 g/mol. The van der Waals surface area contributed by atoms with Crippen molar-refractivity contribution in [3.8, 4) is 11.5 Å². The van der Waals surface area contributed by atoms with Gasteiger partial charge in [-0.1, -0.05) is 6.07 Å². The lowest BCUT2D eigenvalue weighted by atomic mass is 9.80. The summed E-state index contributed by atoms with van der Waals surface area (Å²) in [5.41, 5.74) is 1.17. The highest BCUT2D eigenvalue weighted by molar-refractivity contribution is 7.80. The molecular weight excluding hydrogens is 410 g/mol. The zero-order valence-corrected chi connectivity index (χ0v) is 20.3. The van der Waals surface area contributed by atoms with E-state index >= 15 is 0 Å². The van der Waals surface area contributed by atoms with E-state index in [1.165, 1.54) is 0 Å². The van der Waals surface area contributed by atoms with Gasteiger partial charge >= 0.3 is 0 Å². The molecule has 1 aromatic heterocycles. The highest BCUT2D eigenvalue weighted by Gasteiger charge is 2.38. The summed E-state index contributed by atoms with van der Waals surface area (Å²) in [6, 6.07) is 10.1. The van der Waals surface area contributed by atoms with Crippen molar-refractivity contribution in [2.45, 2.75) is 70.7 Å². The Labute approximate surface area is 191 Å². The number of rotatable bonds is 7. The molecule has 1 aliphatic rings. The second kappa shape index (κ2) is 9.49. The van der Waals surface area contributed by atoms with E-state index in [1.807, 2.05) is 30.3 Å². The maximum absolute atomic E-state index is 5.89. The van der Waals surface area contributed by atoms with Gasteiger partial charge in [0.15, 0.2) is 16.6 Å². The molecule has 0 atom stereocenters.